The van der Waals surface area contributed by atoms with Crippen LogP contribution in [0.15, 0.2) is 48.5 Å². The van der Waals surface area contributed by atoms with Crippen molar-refractivity contribution in [3.05, 3.63) is 59.7 Å². The predicted molar refractivity (Wildman–Crippen MR) is 139 cm³/mol. The highest BCUT2D eigenvalue weighted by atomic mass is 16.6. The lowest BCUT2D eigenvalue weighted by molar-refractivity contribution is 0.402. The van der Waals surface area contributed by atoms with Crippen LogP contribution in [0.1, 0.15) is 51.7 Å². The molecule has 2 aromatic carbocycles. The maximum Gasteiger partial charge on any atom is 0.0984 e. The van der Waals surface area contributed by atoms with Crippen molar-refractivity contribution < 1.29 is 9.47 Å². The van der Waals surface area contributed by atoms with Gasteiger partial charge in [0.15, 0.2) is 0 Å². The van der Waals surface area contributed by atoms with Gasteiger partial charge in [-0.2, -0.15) is 0 Å². The lowest BCUT2D eigenvalue weighted by Gasteiger charge is -2.27. The van der Waals surface area contributed by atoms with E-state index in [0.717, 1.165) is 45.8 Å². The van der Waals surface area contributed by atoms with E-state index in [4.69, 9.17) is 9.47 Å². The molecule has 33 heavy (non-hydrogen) atoms. The third-order valence-corrected chi connectivity index (χ3v) is 7.12. The van der Waals surface area contributed by atoms with E-state index in [0.29, 0.717) is 24.0 Å². The zero-order valence-corrected chi connectivity index (χ0v) is 21.0. The standard InChI is InChI=1S/C29H42N2O2/c1-5-22(3)16-30(18-28-20-32-28)26-11-7-24(8-12-26)15-25-9-13-27(14-10-25)31(17-23(4)6-2)19-29-21-33-29/h7-14,22-23,28-29H,5-6,15-21H2,1-4H3. The first-order valence-corrected chi connectivity index (χ1v) is 12.9. The van der Waals surface area contributed by atoms with Gasteiger partial charge in [0, 0.05) is 37.6 Å². The molecule has 2 aliphatic rings. The molecule has 0 N–H and O–H groups in total. The molecule has 0 saturated carbocycles. The van der Waals surface area contributed by atoms with Gasteiger partial charge < -0.3 is 19.3 Å². The van der Waals surface area contributed by atoms with Crippen LogP contribution < -0.4 is 9.80 Å². The number of benzene rings is 2. The Labute approximate surface area is 200 Å². The Morgan fingerprint density at radius 3 is 1.36 bits per heavy atom. The highest BCUT2D eigenvalue weighted by molar-refractivity contribution is 5.50. The third-order valence-electron chi connectivity index (χ3n) is 7.12. The first kappa shape index (κ1) is 24.1. The van der Waals surface area contributed by atoms with Crippen LogP contribution in [0.4, 0.5) is 11.4 Å². The minimum absolute atomic E-state index is 0.415. The summed E-state index contributed by atoms with van der Waals surface area (Å²) < 4.78 is 11.0. The molecule has 0 spiro atoms. The molecule has 0 radical (unpaired) electrons. The molecule has 0 aliphatic carbocycles. The van der Waals surface area contributed by atoms with Crippen LogP contribution in [-0.2, 0) is 15.9 Å². The van der Waals surface area contributed by atoms with E-state index in [-0.39, 0.29) is 0 Å². The zero-order valence-electron chi connectivity index (χ0n) is 21.0. The molecular weight excluding hydrogens is 408 g/mol. The molecule has 4 unspecified atom stereocenters. The normalized spacial score (nSPS) is 20.8. The Morgan fingerprint density at radius 1 is 0.697 bits per heavy atom. The van der Waals surface area contributed by atoms with Crippen molar-refractivity contribution in [1.82, 2.24) is 0 Å². The molecule has 4 nitrogen and oxygen atoms in total. The predicted octanol–water partition coefficient (Wildman–Crippen LogP) is 5.78. The van der Waals surface area contributed by atoms with Crippen LogP contribution in [0.2, 0.25) is 0 Å². The monoisotopic (exact) mass is 450 g/mol. The van der Waals surface area contributed by atoms with Gasteiger partial charge in [-0.05, 0) is 53.6 Å². The van der Waals surface area contributed by atoms with Crippen LogP contribution in [0.3, 0.4) is 0 Å². The molecule has 4 heteroatoms. The number of anilines is 2. The second-order valence-corrected chi connectivity index (χ2v) is 10.3. The molecule has 4 atom stereocenters. The van der Waals surface area contributed by atoms with Crippen molar-refractivity contribution in [1.29, 1.82) is 0 Å². The summed E-state index contributed by atoms with van der Waals surface area (Å²) in [5, 5.41) is 0. The van der Waals surface area contributed by atoms with E-state index >= 15 is 0 Å². The zero-order chi connectivity index (χ0) is 23.2. The fraction of sp³-hybridized carbons (Fsp3) is 0.586. The van der Waals surface area contributed by atoms with Crippen LogP contribution in [-0.4, -0.2) is 51.6 Å². The van der Waals surface area contributed by atoms with E-state index in [1.807, 2.05) is 0 Å². The Bertz CT molecular complexity index is 771. The summed E-state index contributed by atoms with van der Waals surface area (Å²) in [6, 6.07) is 18.3. The molecule has 2 fully saturated rings. The van der Waals surface area contributed by atoms with Gasteiger partial charge in [-0.1, -0.05) is 64.8 Å². The van der Waals surface area contributed by atoms with Gasteiger partial charge in [-0.3, -0.25) is 0 Å². The van der Waals surface area contributed by atoms with Gasteiger partial charge in [0.05, 0.1) is 25.4 Å². The molecule has 4 rings (SSSR count). The highest BCUT2D eigenvalue weighted by Crippen LogP contribution is 2.25. The summed E-state index contributed by atoms with van der Waals surface area (Å²) in [7, 11) is 0. The van der Waals surface area contributed by atoms with Crippen LogP contribution in [0, 0.1) is 11.8 Å². The molecule has 2 aromatic rings. The summed E-state index contributed by atoms with van der Waals surface area (Å²) in [4.78, 5) is 5.00. The Balaban J connectivity index is 1.37. The molecule has 2 aliphatic heterocycles. The van der Waals surface area contributed by atoms with Gasteiger partial charge in [-0.15, -0.1) is 0 Å². The van der Waals surface area contributed by atoms with Crippen molar-refractivity contribution >= 4 is 11.4 Å². The average Bonchev–Trinajstić information content (AvgIpc) is 3.76. The van der Waals surface area contributed by atoms with Gasteiger partial charge in [0.1, 0.15) is 0 Å². The average molecular weight is 451 g/mol. The molecule has 0 amide bonds. The van der Waals surface area contributed by atoms with E-state index < -0.39 is 0 Å². The fourth-order valence-electron chi connectivity index (χ4n) is 4.30. The quantitative estimate of drug-likeness (QED) is 0.342. The van der Waals surface area contributed by atoms with Gasteiger partial charge >= 0.3 is 0 Å². The lowest BCUT2D eigenvalue weighted by Crippen LogP contribution is -2.32. The van der Waals surface area contributed by atoms with Crippen LogP contribution >= 0.6 is 0 Å². The van der Waals surface area contributed by atoms with E-state index in [1.54, 1.807) is 0 Å². The topological polar surface area (TPSA) is 31.5 Å². The second kappa shape index (κ2) is 11.4. The largest absolute Gasteiger partial charge is 0.371 e. The maximum atomic E-state index is 5.50. The van der Waals surface area contributed by atoms with E-state index in [1.165, 1.54) is 35.3 Å². The van der Waals surface area contributed by atoms with Crippen molar-refractivity contribution in [3.63, 3.8) is 0 Å². The number of ether oxygens (including phenoxy) is 2. The minimum atomic E-state index is 0.415. The van der Waals surface area contributed by atoms with E-state index in [9.17, 15) is 0 Å². The molecule has 180 valence electrons. The molecule has 2 heterocycles. The van der Waals surface area contributed by atoms with Crippen molar-refractivity contribution in [2.75, 3.05) is 49.2 Å². The lowest BCUT2D eigenvalue weighted by atomic mass is 10.0. The van der Waals surface area contributed by atoms with Crippen molar-refractivity contribution in [2.45, 2.75) is 59.2 Å². The van der Waals surface area contributed by atoms with Crippen molar-refractivity contribution in [3.8, 4) is 0 Å². The summed E-state index contributed by atoms with van der Waals surface area (Å²) in [5.74, 6) is 1.38. The minimum Gasteiger partial charge on any atom is -0.371 e. The third kappa shape index (κ3) is 7.48. The molecular formula is C29H42N2O2. The van der Waals surface area contributed by atoms with Gasteiger partial charge in [0.2, 0.25) is 0 Å². The van der Waals surface area contributed by atoms with E-state index in [2.05, 4.69) is 86.0 Å². The summed E-state index contributed by atoms with van der Waals surface area (Å²) in [6.45, 7) is 15.2. The SMILES string of the molecule is CCC(C)CN(CC1CO1)c1ccc(Cc2ccc(N(CC(C)CC)CC3CO3)cc2)cc1. The fourth-order valence-corrected chi connectivity index (χ4v) is 4.30. The number of hydrogen-bond donors (Lipinski definition) is 0. The summed E-state index contributed by atoms with van der Waals surface area (Å²) in [6.07, 6.45) is 4.21. The molecule has 0 bridgehead atoms. The molecule has 0 aromatic heterocycles. The number of rotatable bonds is 14. The Morgan fingerprint density at radius 2 is 1.06 bits per heavy atom. The number of epoxide rings is 2. The van der Waals surface area contributed by atoms with Crippen molar-refractivity contribution in [2.24, 2.45) is 11.8 Å². The first-order valence-electron chi connectivity index (χ1n) is 12.9. The highest BCUT2D eigenvalue weighted by Gasteiger charge is 2.27. The number of hydrogen-bond acceptors (Lipinski definition) is 4. The summed E-state index contributed by atoms with van der Waals surface area (Å²) in [5.41, 5.74) is 5.35. The second-order valence-electron chi connectivity index (χ2n) is 10.3. The molecule has 2 saturated heterocycles. The summed E-state index contributed by atoms with van der Waals surface area (Å²) >= 11 is 0. The first-order chi connectivity index (χ1) is 16.0. The Hall–Kier alpha value is -2.04. The van der Waals surface area contributed by atoms with Crippen LogP contribution in [0.5, 0.6) is 0 Å². The maximum absolute atomic E-state index is 5.50. The Kier molecular flexibility index (Phi) is 8.32. The van der Waals surface area contributed by atoms with Gasteiger partial charge in [-0.25, -0.2) is 0 Å². The van der Waals surface area contributed by atoms with Gasteiger partial charge in [0.25, 0.3) is 0 Å². The number of nitrogens with zero attached hydrogens (tertiary/aromatic N) is 2. The smallest absolute Gasteiger partial charge is 0.0984 e. The van der Waals surface area contributed by atoms with Crippen LogP contribution in [0.25, 0.3) is 0 Å².